The van der Waals surface area contributed by atoms with E-state index in [-0.39, 0.29) is 91.2 Å². The first kappa shape index (κ1) is 67.6. The summed E-state index contributed by atoms with van der Waals surface area (Å²) in [5, 5.41) is 62.5. The van der Waals surface area contributed by atoms with Gasteiger partial charge in [-0.25, -0.2) is 9.59 Å². The van der Waals surface area contributed by atoms with Crippen molar-refractivity contribution in [2.45, 2.75) is 83.1 Å². The summed E-state index contributed by atoms with van der Waals surface area (Å²) in [6.45, 7) is 24.0. The number of hydrogen-bond acceptors (Lipinski definition) is 8. The van der Waals surface area contributed by atoms with E-state index in [2.05, 4.69) is 41.5 Å². The molecule has 0 bridgehead atoms. The summed E-state index contributed by atoms with van der Waals surface area (Å²) in [6, 6.07) is 43.6. The fourth-order valence-corrected chi connectivity index (χ4v) is 4.43. The largest absolute Gasteiger partial charge is 0.573 e. The molecule has 0 aliphatic heterocycles. The number of carboxylic acids is 2. The Morgan fingerprint density at radius 1 is 0.382 bits per heavy atom. The van der Waals surface area contributed by atoms with Gasteiger partial charge in [-0.1, -0.05) is 204 Å². The Balaban J connectivity index is -0.000000482. The molecule has 0 aromatic heterocycles. The summed E-state index contributed by atoms with van der Waals surface area (Å²) in [4.78, 5) is 22.6. The summed E-state index contributed by atoms with van der Waals surface area (Å²) < 4.78 is 0. The summed E-state index contributed by atoms with van der Waals surface area (Å²) in [7, 11) is 0. The molecule has 6 aromatic carbocycles. The molecular weight excluding hydrogens is 960 g/mol. The van der Waals surface area contributed by atoms with Gasteiger partial charge in [0.05, 0.1) is 0 Å². The molecule has 0 amide bonds. The number of para-hydroxylation sites is 2. The number of phenols is 2. The van der Waals surface area contributed by atoms with Crippen molar-refractivity contribution >= 4 is 46.4 Å². The van der Waals surface area contributed by atoms with Crippen molar-refractivity contribution < 1.29 is 64.2 Å². The zero-order valence-corrected chi connectivity index (χ0v) is 42.7. The minimum atomic E-state index is -1.10. The van der Waals surface area contributed by atoms with E-state index in [0.717, 1.165) is 0 Å². The van der Waals surface area contributed by atoms with E-state index in [1.807, 2.05) is 119 Å². The third-order valence-corrected chi connectivity index (χ3v) is 7.11. The maximum atomic E-state index is 11.3. The van der Waals surface area contributed by atoms with E-state index in [0.29, 0.717) is 11.1 Å². The van der Waals surface area contributed by atoms with Crippen molar-refractivity contribution in [2.24, 2.45) is 30.7 Å². The molecule has 16 heteroatoms. The SMILES string of the molecule is CC.CC.CC.CC.CC.CC.O=C(O)c1ccccc1[N-]N=C(N=Nc1ccccc1O)c1ccccc1.O=C(O)c1ccccc1[N-]N=C(N=Nc1ccccc1O)c1ccccc1.[Cu].[Cu]. The molecule has 6 aromatic rings. The minimum absolute atomic E-state index is 0. The van der Waals surface area contributed by atoms with E-state index in [1.54, 1.807) is 97.1 Å². The van der Waals surface area contributed by atoms with Crippen LogP contribution in [0.1, 0.15) is 115 Å². The van der Waals surface area contributed by atoms with Crippen LogP contribution in [-0.2, 0) is 34.1 Å². The molecule has 0 heterocycles. The molecule has 0 unspecified atom stereocenters. The molecular formula is C52H66Cu2N8O6-2. The van der Waals surface area contributed by atoms with Gasteiger partial charge in [-0.3, -0.25) is 0 Å². The van der Waals surface area contributed by atoms with E-state index < -0.39 is 11.9 Å². The molecule has 0 fully saturated rings. The van der Waals surface area contributed by atoms with Gasteiger partial charge in [0.2, 0.25) is 0 Å². The Morgan fingerprint density at radius 3 is 0.941 bits per heavy atom. The van der Waals surface area contributed by atoms with Crippen LogP contribution in [0.5, 0.6) is 11.5 Å². The first-order chi connectivity index (χ1) is 32.3. The number of benzene rings is 6. The number of carboxylic acid groups (broad SMARTS) is 2. The van der Waals surface area contributed by atoms with Gasteiger partial charge in [0, 0.05) is 56.4 Å². The first-order valence-corrected chi connectivity index (χ1v) is 22.0. The molecule has 0 saturated heterocycles. The minimum Gasteiger partial charge on any atom is -0.573 e. The monoisotopic (exact) mass is 1020 g/mol. The van der Waals surface area contributed by atoms with Gasteiger partial charge in [-0.05, 0) is 36.4 Å². The molecule has 0 saturated carbocycles. The third kappa shape index (κ3) is 25.1. The van der Waals surface area contributed by atoms with Gasteiger partial charge in [0.25, 0.3) is 0 Å². The van der Waals surface area contributed by atoms with Crippen molar-refractivity contribution in [3.8, 4) is 11.5 Å². The summed E-state index contributed by atoms with van der Waals surface area (Å²) in [5.41, 5.74) is 10.4. The first-order valence-electron chi connectivity index (χ1n) is 22.0. The van der Waals surface area contributed by atoms with Crippen LogP contribution in [-0.4, -0.2) is 44.0 Å². The number of amidine groups is 2. The second-order valence-corrected chi connectivity index (χ2v) is 10.8. The summed E-state index contributed by atoms with van der Waals surface area (Å²) >= 11 is 0. The quantitative estimate of drug-likeness (QED) is 0.0344. The number of hydrogen-bond donors (Lipinski definition) is 4. The van der Waals surface area contributed by atoms with Crippen LogP contribution in [0, 0.1) is 0 Å². The number of carbonyl (C=O) groups is 2. The number of azo groups is 2. The maximum absolute atomic E-state index is 11.3. The van der Waals surface area contributed by atoms with Crippen molar-refractivity contribution in [2.75, 3.05) is 0 Å². The standard InChI is InChI=1S/2C20H16N4O3.6C2H6.2Cu/c2*25-18-13-7-6-12-17(18)22-24-19(14-8-2-1-3-9-14)23-21-16-11-5-4-10-15(16)20(26)27;6*1-2;;/h2*1-13H,(H3,21,22,23,24,25,26,27);6*1-2H3;;/p-2. The molecule has 4 N–H and O–H groups in total. The van der Waals surface area contributed by atoms with Crippen LogP contribution in [0.3, 0.4) is 0 Å². The predicted molar refractivity (Wildman–Crippen MR) is 272 cm³/mol. The second-order valence-electron chi connectivity index (χ2n) is 10.8. The Morgan fingerprint density at radius 2 is 0.647 bits per heavy atom. The molecule has 0 aliphatic rings. The van der Waals surface area contributed by atoms with Gasteiger partial charge in [0.15, 0.2) is 11.7 Å². The Kier molecular flexibility index (Phi) is 43.7. The van der Waals surface area contributed by atoms with Gasteiger partial charge in [-0.15, -0.1) is 31.8 Å². The van der Waals surface area contributed by atoms with E-state index in [9.17, 15) is 30.0 Å². The predicted octanol–water partition coefficient (Wildman–Crippen LogP) is 16.6. The fourth-order valence-electron chi connectivity index (χ4n) is 4.43. The van der Waals surface area contributed by atoms with Crippen molar-refractivity contribution in [1.82, 2.24) is 0 Å². The average molecular weight is 1030 g/mol. The number of phenolic OH excluding ortho intramolecular Hbond substituents is 2. The number of nitrogens with zero attached hydrogens (tertiary/aromatic N) is 8. The Labute approximate surface area is 424 Å². The molecule has 0 spiro atoms. The molecule has 68 heavy (non-hydrogen) atoms. The van der Waals surface area contributed by atoms with Gasteiger partial charge in [0.1, 0.15) is 22.9 Å². The molecule has 6 rings (SSSR count). The summed E-state index contributed by atoms with van der Waals surface area (Å²) in [5.74, 6) is -1.86. The van der Waals surface area contributed by atoms with Gasteiger partial charge in [-0.2, -0.15) is 0 Å². The van der Waals surface area contributed by atoms with Crippen LogP contribution in [0.2, 0.25) is 0 Å². The number of aromatic carboxylic acids is 2. The number of aromatic hydroxyl groups is 2. The van der Waals surface area contributed by atoms with E-state index in [1.165, 1.54) is 24.3 Å². The van der Waals surface area contributed by atoms with E-state index >= 15 is 0 Å². The smallest absolute Gasteiger partial charge is 0.334 e. The van der Waals surface area contributed by atoms with Gasteiger partial charge < -0.3 is 41.5 Å². The molecule has 2 radical (unpaired) electrons. The van der Waals surface area contributed by atoms with Crippen LogP contribution in [0.4, 0.5) is 22.7 Å². The zero-order chi connectivity index (χ0) is 50.1. The van der Waals surface area contributed by atoms with Crippen molar-refractivity contribution in [1.29, 1.82) is 0 Å². The Hall–Kier alpha value is -6.96. The maximum Gasteiger partial charge on any atom is 0.334 e. The molecule has 14 nitrogen and oxygen atoms in total. The molecule has 374 valence electrons. The second kappa shape index (κ2) is 43.9. The fraction of sp³-hybridized carbons (Fsp3) is 0.231. The summed E-state index contributed by atoms with van der Waals surface area (Å²) in [6.07, 6.45) is 0. The molecule has 0 atom stereocenters. The topological polar surface area (TPSA) is 217 Å². The molecule has 0 aliphatic carbocycles. The van der Waals surface area contributed by atoms with Crippen LogP contribution in [0.25, 0.3) is 10.9 Å². The van der Waals surface area contributed by atoms with Crippen LogP contribution in [0.15, 0.2) is 188 Å². The third-order valence-electron chi connectivity index (χ3n) is 7.11. The van der Waals surface area contributed by atoms with Crippen molar-refractivity contribution in [3.63, 3.8) is 0 Å². The zero-order valence-electron chi connectivity index (χ0n) is 40.8. The Bertz CT molecular complexity index is 2180. The van der Waals surface area contributed by atoms with Gasteiger partial charge >= 0.3 is 11.9 Å². The van der Waals surface area contributed by atoms with E-state index in [4.69, 9.17) is 0 Å². The normalized spacial score (nSPS) is 9.65. The van der Waals surface area contributed by atoms with Crippen molar-refractivity contribution in [3.05, 3.63) is 191 Å². The number of rotatable bonds is 10. The van der Waals surface area contributed by atoms with Crippen LogP contribution < -0.4 is 0 Å². The average Bonchev–Trinajstić information content (AvgIpc) is 3.39. The van der Waals surface area contributed by atoms with Crippen LogP contribution >= 0.6 is 0 Å².